The van der Waals surface area contributed by atoms with Crippen LogP contribution in [0.25, 0.3) is 11.3 Å². The van der Waals surface area contributed by atoms with Crippen LogP contribution in [-0.4, -0.2) is 52.0 Å². The number of nitrogens with zero attached hydrogens (tertiary/aromatic N) is 3. The molecule has 2 N–H and O–H groups in total. The van der Waals surface area contributed by atoms with Crippen molar-refractivity contribution >= 4 is 11.7 Å². The largest absolute Gasteiger partial charge is 0.481 e. The first-order valence-electron chi connectivity index (χ1n) is 11.0. The van der Waals surface area contributed by atoms with Crippen LogP contribution in [0.5, 0.6) is 5.88 Å². The molecule has 0 aromatic carbocycles. The summed E-state index contributed by atoms with van der Waals surface area (Å²) in [5, 5.41) is 18.0. The van der Waals surface area contributed by atoms with Gasteiger partial charge in [0.1, 0.15) is 0 Å². The number of carboxylic acid groups (broad SMARTS) is 1. The third-order valence-corrected chi connectivity index (χ3v) is 5.33. The molecule has 7 nitrogen and oxygen atoms in total. The second-order valence-corrected chi connectivity index (χ2v) is 10.0. The fourth-order valence-corrected chi connectivity index (χ4v) is 3.56. The average molecular weight is 444 g/mol. The summed E-state index contributed by atoms with van der Waals surface area (Å²) in [4.78, 5) is 22.9. The Labute approximate surface area is 191 Å². The number of anilines is 1. The summed E-state index contributed by atoms with van der Waals surface area (Å²) >= 11 is 0. The lowest BCUT2D eigenvalue weighted by Gasteiger charge is -2.40. The predicted octanol–water partition coefficient (Wildman–Crippen LogP) is 4.49. The minimum absolute atomic E-state index is 0.0497. The van der Waals surface area contributed by atoms with Gasteiger partial charge in [-0.3, -0.25) is 9.78 Å². The Balaban J connectivity index is 0.000000654. The molecule has 176 valence electrons. The summed E-state index contributed by atoms with van der Waals surface area (Å²) in [5.74, 6) is -0.326. The van der Waals surface area contributed by atoms with E-state index in [0.717, 1.165) is 54.1 Å². The summed E-state index contributed by atoms with van der Waals surface area (Å²) < 4.78 is 5.27. The Morgan fingerprint density at radius 3 is 2.34 bits per heavy atom. The Kier molecular flexibility index (Phi) is 8.24. The summed E-state index contributed by atoms with van der Waals surface area (Å²) in [7, 11) is 1.59. The van der Waals surface area contributed by atoms with Crippen molar-refractivity contribution in [2.45, 2.75) is 66.4 Å². The lowest BCUT2D eigenvalue weighted by molar-refractivity contribution is -0.136. The van der Waals surface area contributed by atoms with E-state index in [-0.39, 0.29) is 6.42 Å². The molecule has 0 spiro atoms. The minimum Gasteiger partial charge on any atom is -0.481 e. The van der Waals surface area contributed by atoms with Crippen molar-refractivity contribution in [3.63, 3.8) is 0 Å². The van der Waals surface area contributed by atoms with Crippen LogP contribution >= 0.6 is 0 Å². The van der Waals surface area contributed by atoms with Crippen LogP contribution in [0.3, 0.4) is 0 Å². The molecule has 3 heterocycles. The Morgan fingerprint density at radius 2 is 1.81 bits per heavy atom. The van der Waals surface area contributed by atoms with Crippen molar-refractivity contribution in [1.82, 2.24) is 9.97 Å². The summed E-state index contributed by atoms with van der Waals surface area (Å²) in [6.07, 6.45) is 3.88. The Morgan fingerprint density at radius 1 is 1.22 bits per heavy atom. The zero-order valence-corrected chi connectivity index (χ0v) is 20.4. The molecule has 2 aromatic heterocycles. The van der Waals surface area contributed by atoms with E-state index in [4.69, 9.17) is 9.84 Å². The first kappa shape index (κ1) is 25.6. The van der Waals surface area contributed by atoms with Crippen LogP contribution in [0.4, 0.5) is 5.69 Å². The molecule has 1 aliphatic rings. The number of aromatic nitrogens is 2. The van der Waals surface area contributed by atoms with Gasteiger partial charge >= 0.3 is 5.97 Å². The molecule has 0 radical (unpaired) electrons. The van der Waals surface area contributed by atoms with E-state index < -0.39 is 11.6 Å². The molecule has 0 amide bonds. The van der Waals surface area contributed by atoms with Crippen LogP contribution in [0.15, 0.2) is 24.4 Å². The highest BCUT2D eigenvalue weighted by Crippen LogP contribution is 2.39. The minimum atomic E-state index is -0.853. The number of pyridine rings is 2. The second kappa shape index (κ2) is 10.3. The van der Waals surface area contributed by atoms with E-state index in [1.807, 2.05) is 19.1 Å². The van der Waals surface area contributed by atoms with Crippen LogP contribution in [-0.2, 0) is 11.2 Å². The Hall–Kier alpha value is -2.67. The number of aliphatic carboxylic acids is 1. The molecular weight excluding hydrogens is 406 g/mol. The van der Waals surface area contributed by atoms with Gasteiger partial charge in [0.2, 0.25) is 5.88 Å². The monoisotopic (exact) mass is 443 g/mol. The summed E-state index contributed by atoms with van der Waals surface area (Å²) in [6.45, 7) is 13.4. The fourth-order valence-electron chi connectivity index (χ4n) is 3.56. The van der Waals surface area contributed by atoms with E-state index in [1.54, 1.807) is 40.1 Å². The summed E-state index contributed by atoms with van der Waals surface area (Å²) in [5.41, 5.74) is 3.87. The number of ether oxygens (including phenoxy) is 1. The number of aliphatic hydroxyl groups is 1. The first-order chi connectivity index (χ1) is 14.8. The van der Waals surface area contributed by atoms with Gasteiger partial charge in [0.05, 0.1) is 30.5 Å². The number of piperidine rings is 1. The third kappa shape index (κ3) is 7.48. The molecule has 0 atom stereocenters. The molecule has 7 heteroatoms. The highest BCUT2D eigenvalue weighted by atomic mass is 16.5. The lowest BCUT2D eigenvalue weighted by atomic mass is 9.82. The maximum atomic E-state index is 11.5. The fraction of sp³-hybridized carbons (Fsp3) is 0.560. The van der Waals surface area contributed by atoms with Gasteiger partial charge in [0.25, 0.3) is 0 Å². The number of carboxylic acids is 1. The Bertz CT molecular complexity index is 919. The highest BCUT2D eigenvalue weighted by Gasteiger charge is 2.29. The van der Waals surface area contributed by atoms with E-state index in [9.17, 15) is 9.90 Å². The zero-order chi connectivity index (χ0) is 24.1. The third-order valence-electron chi connectivity index (χ3n) is 5.33. The maximum absolute atomic E-state index is 11.5. The van der Waals surface area contributed by atoms with E-state index >= 15 is 0 Å². The first-order valence-corrected chi connectivity index (χ1v) is 11.0. The maximum Gasteiger partial charge on any atom is 0.307 e. The van der Waals surface area contributed by atoms with Gasteiger partial charge in [-0.2, -0.15) is 0 Å². The van der Waals surface area contributed by atoms with Gasteiger partial charge < -0.3 is 19.8 Å². The lowest BCUT2D eigenvalue weighted by Crippen LogP contribution is -2.38. The van der Waals surface area contributed by atoms with E-state index in [0.29, 0.717) is 11.3 Å². The van der Waals surface area contributed by atoms with Crippen molar-refractivity contribution in [2.75, 3.05) is 25.1 Å². The SMILES string of the molecule is CC(C)(C)O.COc1cccc(-c2cnc(C)c(CC(=O)O)c2N2CCC(C)(C)CC2)n1. The number of methoxy groups -OCH3 is 1. The van der Waals surface area contributed by atoms with Gasteiger partial charge in [-0.1, -0.05) is 19.9 Å². The van der Waals surface area contributed by atoms with Crippen LogP contribution < -0.4 is 9.64 Å². The number of rotatable bonds is 5. The van der Waals surface area contributed by atoms with Crippen molar-refractivity contribution in [1.29, 1.82) is 0 Å². The number of hydrogen-bond acceptors (Lipinski definition) is 6. The van der Waals surface area contributed by atoms with Gasteiger partial charge in [-0.05, 0) is 52.0 Å². The predicted molar refractivity (Wildman–Crippen MR) is 127 cm³/mol. The van der Waals surface area contributed by atoms with E-state index in [2.05, 4.69) is 28.7 Å². The van der Waals surface area contributed by atoms with Gasteiger partial charge in [-0.15, -0.1) is 0 Å². The zero-order valence-electron chi connectivity index (χ0n) is 20.4. The molecule has 1 fully saturated rings. The normalized spacial score (nSPS) is 15.6. The smallest absolute Gasteiger partial charge is 0.307 e. The van der Waals surface area contributed by atoms with Crippen molar-refractivity contribution in [3.05, 3.63) is 35.7 Å². The number of hydrogen-bond donors (Lipinski definition) is 2. The molecule has 0 aliphatic carbocycles. The molecule has 1 saturated heterocycles. The second-order valence-electron chi connectivity index (χ2n) is 10.0. The number of aryl methyl sites for hydroxylation is 1. The van der Waals surface area contributed by atoms with Crippen LogP contribution in [0.1, 0.15) is 58.7 Å². The molecule has 0 unspecified atom stereocenters. The molecular formula is C25H37N3O4. The molecule has 0 saturated carbocycles. The van der Waals surface area contributed by atoms with E-state index in [1.165, 1.54) is 0 Å². The topological polar surface area (TPSA) is 95.8 Å². The molecule has 0 bridgehead atoms. The standard InChI is InChI=1S/C21H27N3O3.C4H10O/c1-14-15(12-19(25)26)20(24-10-8-21(2,3)9-11-24)16(13-22-14)17-6-5-7-18(23-17)27-4;1-4(2,3)5/h5-7,13H,8-12H2,1-4H3,(H,25,26);5H,1-3H3. The molecule has 1 aliphatic heterocycles. The molecule has 32 heavy (non-hydrogen) atoms. The van der Waals surface area contributed by atoms with Gasteiger partial charge in [-0.25, -0.2) is 4.98 Å². The average Bonchev–Trinajstić information content (AvgIpc) is 2.68. The highest BCUT2D eigenvalue weighted by molar-refractivity contribution is 5.83. The van der Waals surface area contributed by atoms with Crippen molar-refractivity contribution < 1.29 is 19.7 Å². The van der Waals surface area contributed by atoms with Crippen LogP contribution in [0, 0.1) is 12.3 Å². The molecule has 3 rings (SSSR count). The molecule has 2 aromatic rings. The quantitative estimate of drug-likeness (QED) is 0.703. The van der Waals surface area contributed by atoms with Gasteiger partial charge in [0, 0.05) is 42.2 Å². The van der Waals surface area contributed by atoms with Crippen molar-refractivity contribution in [2.24, 2.45) is 5.41 Å². The van der Waals surface area contributed by atoms with Crippen molar-refractivity contribution in [3.8, 4) is 17.1 Å². The van der Waals surface area contributed by atoms with Crippen LogP contribution in [0.2, 0.25) is 0 Å². The van der Waals surface area contributed by atoms with Gasteiger partial charge in [0.15, 0.2) is 0 Å². The number of carbonyl (C=O) groups is 1. The summed E-state index contributed by atoms with van der Waals surface area (Å²) in [6, 6.07) is 5.60.